The van der Waals surface area contributed by atoms with Crippen molar-refractivity contribution in [2.24, 2.45) is 9.98 Å². The molecule has 0 aromatic heterocycles. The van der Waals surface area contributed by atoms with Crippen LogP contribution in [0.4, 0.5) is 37.7 Å². The van der Waals surface area contributed by atoms with Gasteiger partial charge in [0.05, 0.1) is 17.1 Å². The van der Waals surface area contributed by atoms with E-state index in [2.05, 4.69) is 9.98 Å². The quantitative estimate of drug-likeness (QED) is 0.339. The molecule has 0 spiro atoms. The summed E-state index contributed by atoms with van der Waals surface area (Å²) < 4.78 is 85.9. The Morgan fingerprint density at radius 2 is 1.14 bits per heavy atom. The second-order valence-electron chi connectivity index (χ2n) is 9.06. The van der Waals surface area contributed by atoms with E-state index >= 15 is 0 Å². The highest BCUT2D eigenvalue weighted by molar-refractivity contribution is 6.07. The normalized spacial score (nSPS) is 15.5. The minimum absolute atomic E-state index is 0.447. The van der Waals surface area contributed by atoms with E-state index in [1.807, 2.05) is 19.1 Å². The molecule has 0 amide bonds. The summed E-state index contributed by atoms with van der Waals surface area (Å²) >= 11 is 0. The fourth-order valence-electron chi connectivity index (χ4n) is 4.92. The van der Waals surface area contributed by atoms with Gasteiger partial charge in [0.25, 0.3) is 0 Å². The number of hydrogen-bond acceptors (Lipinski definition) is 2. The molecule has 3 aromatic rings. The maximum absolute atomic E-state index is 14.3. The summed E-state index contributed by atoms with van der Waals surface area (Å²) in [6.07, 6.45) is -10.0. The lowest BCUT2D eigenvalue weighted by atomic mass is 9.72. The summed E-state index contributed by atoms with van der Waals surface area (Å²) in [6.45, 7) is 3.55. The van der Waals surface area contributed by atoms with E-state index in [9.17, 15) is 26.3 Å². The zero-order chi connectivity index (χ0) is 25.2. The van der Waals surface area contributed by atoms with Gasteiger partial charge >= 0.3 is 12.4 Å². The van der Waals surface area contributed by atoms with Crippen LogP contribution in [-0.2, 0) is 18.3 Å². The van der Waals surface area contributed by atoms with Crippen LogP contribution in [-0.4, -0.2) is 23.8 Å². The highest BCUT2D eigenvalue weighted by Crippen LogP contribution is 2.56. The third-order valence-corrected chi connectivity index (χ3v) is 6.64. The molecular formula is C27H20F6N2. The van der Waals surface area contributed by atoms with Crippen LogP contribution in [0.3, 0.4) is 0 Å². The largest absolute Gasteiger partial charge is 0.411 e. The maximum Gasteiger partial charge on any atom is 0.411 e. The fourth-order valence-corrected chi connectivity index (χ4v) is 4.92. The molecule has 0 N–H and O–H groups in total. The number of nitrogens with zero attached hydrogens (tertiary/aromatic N) is 2. The standard InChI is InChI=1S/C27H20F6N2/c1-15-3-7-20(8-4-15)25(26(28,29)30,27(31,32)33)21-9-5-17(6-10-21)22-13-19-12-18-11-16(2)34-23(18)14-24(19)35-22/h3-10,12,14H,11,13H2,1-2H3. The third kappa shape index (κ3) is 3.66. The van der Waals surface area contributed by atoms with Crippen LogP contribution in [0.1, 0.15) is 40.3 Å². The van der Waals surface area contributed by atoms with Crippen molar-refractivity contribution in [1.82, 2.24) is 0 Å². The summed E-state index contributed by atoms with van der Waals surface area (Å²) in [5.74, 6) is 0. The maximum atomic E-state index is 14.3. The Hall–Kier alpha value is -3.42. The van der Waals surface area contributed by atoms with Crippen molar-refractivity contribution >= 4 is 22.8 Å². The van der Waals surface area contributed by atoms with E-state index in [4.69, 9.17) is 0 Å². The van der Waals surface area contributed by atoms with Crippen molar-refractivity contribution in [2.45, 2.75) is 44.5 Å². The number of aryl methyl sites for hydroxylation is 1. The number of rotatable bonds is 3. The van der Waals surface area contributed by atoms with Crippen LogP contribution in [0.25, 0.3) is 0 Å². The lowest BCUT2D eigenvalue weighted by Gasteiger charge is -2.38. The molecule has 0 radical (unpaired) electrons. The molecule has 0 fully saturated rings. The van der Waals surface area contributed by atoms with Gasteiger partial charge in [0.1, 0.15) is 0 Å². The summed E-state index contributed by atoms with van der Waals surface area (Å²) in [6, 6.07) is 12.6. The smallest absolute Gasteiger partial charge is 0.257 e. The summed E-state index contributed by atoms with van der Waals surface area (Å²) in [5, 5.41) is 0. The van der Waals surface area contributed by atoms with E-state index in [1.165, 1.54) is 24.3 Å². The molecule has 2 nitrogen and oxygen atoms in total. The van der Waals surface area contributed by atoms with Gasteiger partial charge < -0.3 is 0 Å². The van der Waals surface area contributed by atoms with E-state index < -0.39 is 28.9 Å². The summed E-state index contributed by atoms with van der Waals surface area (Å²) in [4.78, 5) is 9.07. The average molecular weight is 486 g/mol. The van der Waals surface area contributed by atoms with Gasteiger partial charge in [0, 0.05) is 18.6 Å². The second kappa shape index (κ2) is 7.80. The zero-order valence-electron chi connectivity index (χ0n) is 18.8. The molecule has 2 aliphatic rings. The van der Waals surface area contributed by atoms with Gasteiger partial charge in [0.15, 0.2) is 0 Å². The Kier molecular flexibility index (Phi) is 5.20. The molecule has 0 aliphatic carbocycles. The number of alkyl halides is 6. The first-order valence-corrected chi connectivity index (χ1v) is 11.0. The van der Waals surface area contributed by atoms with Gasteiger partial charge in [-0.15, -0.1) is 0 Å². The molecule has 2 heterocycles. The Morgan fingerprint density at radius 3 is 1.71 bits per heavy atom. The van der Waals surface area contributed by atoms with Crippen molar-refractivity contribution < 1.29 is 26.3 Å². The van der Waals surface area contributed by atoms with Crippen LogP contribution in [0.5, 0.6) is 0 Å². The van der Waals surface area contributed by atoms with Crippen molar-refractivity contribution in [2.75, 3.05) is 0 Å². The van der Waals surface area contributed by atoms with Crippen molar-refractivity contribution in [1.29, 1.82) is 0 Å². The second-order valence-corrected chi connectivity index (χ2v) is 9.06. The molecule has 0 unspecified atom stereocenters. The SMILES string of the molecule is CC1=Nc2cc3c(cc2C1)CC(c1ccc(C(c2ccc(C)cc2)(C(F)(F)F)C(F)(F)F)cc1)=N3. The number of benzene rings is 3. The zero-order valence-corrected chi connectivity index (χ0v) is 18.8. The van der Waals surface area contributed by atoms with Crippen molar-refractivity contribution in [3.05, 3.63) is 94.0 Å². The van der Waals surface area contributed by atoms with Gasteiger partial charge in [-0.2, -0.15) is 26.3 Å². The van der Waals surface area contributed by atoms with Gasteiger partial charge in [-0.05, 0) is 47.7 Å². The van der Waals surface area contributed by atoms with Crippen molar-refractivity contribution in [3.63, 3.8) is 0 Å². The predicted molar refractivity (Wildman–Crippen MR) is 123 cm³/mol. The molecular weight excluding hydrogens is 466 g/mol. The lowest BCUT2D eigenvalue weighted by molar-refractivity contribution is -0.288. The third-order valence-electron chi connectivity index (χ3n) is 6.64. The van der Waals surface area contributed by atoms with E-state index in [0.717, 1.165) is 58.9 Å². The molecule has 35 heavy (non-hydrogen) atoms. The van der Waals surface area contributed by atoms with Gasteiger partial charge in [-0.25, -0.2) is 0 Å². The van der Waals surface area contributed by atoms with Crippen LogP contribution >= 0.6 is 0 Å². The molecule has 0 bridgehead atoms. The lowest BCUT2D eigenvalue weighted by Crippen LogP contribution is -2.54. The first-order valence-electron chi connectivity index (χ1n) is 11.0. The molecule has 0 saturated carbocycles. The van der Waals surface area contributed by atoms with Crippen LogP contribution in [0, 0.1) is 6.92 Å². The number of halogens is 6. The monoisotopic (exact) mass is 486 g/mol. The molecule has 0 atom stereocenters. The average Bonchev–Trinajstić information content (AvgIpc) is 3.33. The first kappa shape index (κ1) is 23.3. The fraction of sp³-hybridized carbons (Fsp3) is 0.259. The summed E-state index contributed by atoms with van der Waals surface area (Å²) in [7, 11) is 0. The van der Waals surface area contributed by atoms with Crippen LogP contribution < -0.4 is 0 Å². The molecule has 8 heteroatoms. The highest BCUT2D eigenvalue weighted by Gasteiger charge is 2.72. The highest BCUT2D eigenvalue weighted by atomic mass is 19.4. The van der Waals surface area contributed by atoms with Gasteiger partial charge in [0.2, 0.25) is 5.41 Å². The first-order chi connectivity index (χ1) is 16.4. The molecule has 180 valence electrons. The van der Waals surface area contributed by atoms with E-state index in [1.54, 1.807) is 6.92 Å². The number of fused-ring (bicyclic) bond motifs is 2. The van der Waals surface area contributed by atoms with Crippen LogP contribution in [0.15, 0.2) is 70.6 Å². The Bertz CT molecular complexity index is 1350. The molecule has 2 aliphatic heterocycles. The minimum atomic E-state index is -5.61. The predicted octanol–water partition coefficient (Wildman–Crippen LogP) is 7.73. The van der Waals surface area contributed by atoms with E-state index in [-0.39, 0.29) is 0 Å². The van der Waals surface area contributed by atoms with Crippen molar-refractivity contribution in [3.8, 4) is 0 Å². The Morgan fingerprint density at radius 1 is 0.629 bits per heavy atom. The van der Waals surface area contributed by atoms with Gasteiger partial charge in [-0.3, -0.25) is 9.98 Å². The van der Waals surface area contributed by atoms with Crippen LogP contribution in [0.2, 0.25) is 0 Å². The van der Waals surface area contributed by atoms with Gasteiger partial charge in [-0.1, -0.05) is 60.2 Å². The number of hydrogen-bond donors (Lipinski definition) is 0. The topological polar surface area (TPSA) is 24.7 Å². The Labute approximate surface area is 198 Å². The Balaban J connectivity index is 1.56. The van der Waals surface area contributed by atoms with E-state index in [0.29, 0.717) is 23.3 Å². The molecule has 5 rings (SSSR count). The summed E-state index contributed by atoms with van der Waals surface area (Å²) in [5.41, 5.74) is 0.366. The molecule has 0 saturated heterocycles. The molecule has 3 aromatic carbocycles. The number of aliphatic imine (C=N–C) groups is 2. The minimum Gasteiger partial charge on any atom is -0.257 e.